The zero-order valence-electron chi connectivity index (χ0n) is 31.2. The maximum Gasteiger partial charge on any atom is 0.143 e. The van der Waals surface area contributed by atoms with Crippen molar-refractivity contribution < 1.29 is 4.42 Å². The van der Waals surface area contributed by atoms with E-state index in [0.717, 1.165) is 11.2 Å². The Morgan fingerprint density at radius 2 is 0.911 bits per heavy atom. The van der Waals surface area contributed by atoms with Crippen LogP contribution in [0.2, 0.25) is 0 Å². The fourth-order valence-corrected chi connectivity index (χ4v) is 10.3. The van der Waals surface area contributed by atoms with Gasteiger partial charge in [-0.05, 0) is 105 Å². The summed E-state index contributed by atoms with van der Waals surface area (Å²) in [5.74, 6) is 0. The smallest absolute Gasteiger partial charge is 0.143 e. The van der Waals surface area contributed by atoms with Crippen LogP contribution in [0, 0.1) is 0 Å². The molecule has 1 heteroatoms. The Kier molecular flexibility index (Phi) is 6.46. The molecule has 1 aliphatic rings. The maximum absolute atomic E-state index is 7.10. The van der Waals surface area contributed by atoms with E-state index >= 15 is 0 Å². The lowest BCUT2D eigenvalue weighted by Crippen LogP contribution is -2.16. The van der Waals surface area contributed by atoms with Crippen molar-refractivity contribution in [2.24, 2.45) is 0 Å². The molecule has 0 atom stereocenters. The summed E-state index contributed by atoms with van der Waals surface area (Å²) in [6.45, 7) is 4.77. The monoisotopic (exact) mass is 712 g/mol. The van der Waals surface area contributed by atoms with Gasteiger partial charge in [-0.2, -0.15) is 0 Å². The summed E-state index contributed by atoms with van der Waals surface area (Å²) in [4.78, 5) is 0. The van der Waals surface area contributed by atoms with Crippen molar-refractivity contribution in [2.45, 2.75) is 19.3 Å². The molecule has 56 heavy (non-hydrogen) atoms. The van der Waals surface area contributed by atoms with Crippen molar-refractivity contribution in [1.82, 2.24) is 0 Å². The Hall–Kier alpha value is -6.96. The molecular weight excluding hydrogens is 677 g/mol. The highest BCUT2D eigenvalue weighted by atomic mass is 16.3. The van der Waals surface area contributed by atoms with Crippen molar-refractivity contribution in [3.63, 3.8) is 0 Å². The van der Waals surface area contributed by atoms with Crippen molar-refractivity contribution in [3.05, 3.63) is 193 Å². The minimum atomic E-state index is -0.240. The second-order valence-electron chi connectivity index (χ2n) is 15.9. The summed E-state index contributed by atoms with van der Waals surface area (Å²) in [7, 11) is 0. The number of rotatable bonds is 3. The van der Waals surface area contributed by atoms with Crippen molar-refractivity contribution in [1.29, 1.82) is 0 Å². The lowest BCUT2D eigenvalue weighted by atomic mass is 9.77. The highest BCUT2D eigenvalue weighted by Crippen LogP contribution is 2.57. The van der Waals surface area contributed by atoms with E-state index in [1.165, 1.54) is 109 Å². The van der Waals surface area contributed by atoms with Gasteiger partial charge in [0.05, 0.1) is 0 Å². The molecule has 1 aromatic heterocycles. The Morgan fingerprint density at radius 1 is 0.375 bits per heavy atom. The molecule has 1 nitrogen and oxygen atoms in total. The lowest BCUT2D eigenvalue weighted by molar-refractivity contribution is 0.650. The van der Waals surface area contributed by atoms with Gasteiger partial charge in [0.2, 0.25) is 0 Å². The van der Waals surface area contributed by atoms with Gasteiger partial charge in [0.1, 0.15) is 11.2 Å². The van der Waals surface area contributed by atoms with E-state index in [1.807, 2.05) is 0 Å². The van der Waals surface area contributed by atoms with E-state index in [0.29, 0.717) is 0 Å². The van der Waals surface area contributed by atoms with Crippen LogP contribution in [0.5, 0.6) is 0 Å². The summed E-state index contributed by atoms with van der Waals surface area (Å²) >= 11 is 0. The maximum atomic E-state index is 7.10. The first-order valence-electron chi connectivity index (χ1n) is 19.6. The molecule has 0 fully saturated rings. The van der Waals surface area contributed by atoms with Crippen LogP contribution in [0.15, 0.2) is 186 Å². The first-order chi connectivity index (χ1) is 27.6. The molecule has 0 unspecified atom stereocenters. The molecule has 10 aromatic carbocycles. The number of hydrogen-bond donors (Lipinski definition) is 0. The topological polar surface area (TPSA) is 13.1 Å². The zero-order valence-corrected chi connectivity index (χ0v) is 31.2. The predicted molar refractivity (Wildman–Crippen MR) is 238 cm³/mol. The van der Waals surface area contributed by atoms with E-state index in [4.69, 9.17) is 4.42 Å². The summed E-state index contributed by atoms with van der Waals surface area (Å²) in [6.07, 6.45) is 0. The molecule has 0 N–H and O–H groups in total. The van der Waals surface area contributed by atoms with Gasteiger partial charge < -0.3 is 4.42 Å². The van der Waals surface area contributed by atoms with Crippen molar-refractivity contribution >= 4 is 65.0 Å². The van der Waals surface area contributed by atoms with Gasteiger partial charge in [-0.1, -0.05) is 184 Å². The minimum absolute atomic E-state index is 0.240. The van der Waals surface area contributed by atoms with Crippen LogP contribution in [0.25, 0.3) is 110 Å². The lowest BCUT2D eigenvalue weighted by Gasteiger charge is -2.25. The summed E-state index contributed by atoms with van der Waals surface area (Å²) in [6, 6.07) is 66.9. The average Bonchev–Trinajstić information content (AvgIpc) is 3.74. The molecule has 0 saturated carbocycles. The van der Waals surface area contributed by atoms with Gasteiger partial charge in [0.15, 0.2) is 0 Å². The average molecular weight is 713 g/mol. The van der Waals surface area contributed by atoms with Crippen LogP contribution in [-0.4, -0.2) is 0 Å². The minimum Gasteiger partial charge on any atom is -0.455 e. The number of fused-ring (bicyclic) bond motifs is 11. The molecule has 1 aliphatic carbocycles. The molecule has 0 amide bonds. The predicted octanol–water partition coefficient (Wildman–Crippen LogP) is 15.5. The molecule has 0 spiro atoms. The summed E-state index contributed by atoms with van der Waals surface area (Å²) in [5, 5.41) is 12.3. The van der Waals surface area contributed by atoms with Crippen molar-refractivity contribution in [3.8, 4) is 44.5 Å². The van der Waals surface area contributed by atoms with Crippen LogP contribution >= 0.6 is 0 Å². The normalized spacial score (nSPS) is 13.3. The van der Waals surface area contributed by atoms with Gasteiger partial charge in [0, 0.05) is 21.8 Å². The Morgan fingerprint density at radius 3 is 1.59 bits per heavy atom. The van der Waals surface area contributed by atoms with Crippen LogP contribution in [0.4, 0.5) is 0 Å². The number of furan rings is 1. The molecule has 0 radical (unpaired) electrons. The fourth-order valence-electron chi connectivity index (χ4n) is 10.3. The standard InChI is InChI=1S/C55H36O/c1-55(2)47-27-15-14-22-38(47)45-32-46-51-35-19-7-6-16-33(35)28-31-48(51)56-54(46)52(53(45)55)44-30-29-43(36-20-8-9-21-37(36)44)50-41-25-12-10-23-39(41)49(34-17-4-3-5-18-34)40-24-11-13-26-42(40)50/h3-32H,1-2H3. The molecule has 0 saturated heterocycles. The molecule has 0 bridgehead atoms. The number of hydrogen-bond acceptors (Lipinski definition) is 1. The molecular formula is C55H36O. The van der Waals surface area contributed by atoms with E-state index < -0.39 is 0 Å². The Labute approximate surface area is 325 Å². The van der Waals surface area contributed by atoms with Gasteiger partial charge in [-0.3, -0.25) is 0 Å². The third-order valence-electron chi connectivity index (χ3n) is 12.6. The van der Waals surface area contributed by atoms with Crippen LogP contribution in [0.3, 0.4) is 0 Å². The molecule has 1 heterocycles. The largest absolute Gasteiger partial charge is 0.455 e. The highest BCUT2D eigenvalue weighted by Gasteiger charge is 2.40. The fraction of sp³-hybridized carbons (Fsp3) is 0.0545. The van der Waals surface area contributed by atoms with Crippen LogP contribution in [0.1, 0.15) is 25.0 Å². The third kappa shape index (κ3) is 4.20. The zero-order chi connectivity index (χ0) is 37.1. The summed E-state index contributed by atoms with van der Waals surface area (Å²) in [5.41, 5.74) is 14.3. The Balaban J connectivity index is 1.21. The second kappa shape index (κ2) is 11.5. The first kappa shape index (κ1) is 31.4. The van der Waals surface area contributed by atoms with Crippen molar-refractivity contribution in [2.75, 3.05) is 0 Å². The first-order valence-corrected chi connectivity index (χ1v) is 19.6. The molecule has 12 rings (SSSR count). The Bertz CT molecular complexity index is 3380. The van der Waals surface area contributed by atoms with E-state index in [1.54, 1.807) is 0 Å². The number of benzene rings is 10. The van der Waals surface area contributed by atoms with E-state index in [-0.39, 0.29) is 5.41 Å². The molecule has 11 aromatic rings. The van der Waals surface area contributed by atoms with Gasteiger partial charge in [0.25, 0.3) is 0 Å². The van der Waals surface area contributed by atoms with Gasteiger partial charge in [-0.15, -0.1) is 0 Å². The third-order valence-corrected chi connectivity index (χ3v) is 12.6. The van der Waals surface area contributed by atoms with E-state index in [2.05, 4.69) is 196 Å². The second-order valence-corrected chi connectivity index (χ2v) is 15.9. The van der Waals surface area contributed by atoms with Crippen LogP contribution < -0.4 is 0 Å². The van der Waals surface area contributed by atoms with Gasteiger partial charge in [-0.25, -0.2) is 0 Å². The highest BCUT2D eigenvalue weighted by molar-refractivity contribution is 6.26. The van der Waals surface area contributed by atoms with Gasteiger partial charge >= 0.3 is 0 Å². The molecule has 0 aliphatic heterocycles. The summed E-state index contributed by atoms with van der Waals surface area (Å²) < 4.78 is 7.10. The van der Waals surface area contributed by atoms with Crippen LogP contribution in [-0.2, 0) is 5.41 Å². The van der Waals surface area contributed by atoms with E-state index in [9.17, 15) is 0 Å². The quantitative estimate of drug-likeness (QED) is 0.166. The molecule has 262 valence electrons. The SMILES string of the molecule is CC1(C)c2ccccc2-c2cc3c(oc4ccc5ccccc5c43)c(-c3ccc(-c4c5ccccc5c(-c5ccccc5)c5ccccc45)c4ccccc34)c21.